The summed E-state index contributed by atoms with van der Waals surface area (Å²) in [6.07, 6.45) is 15.3. The molecule has 2 heterocycles. The zero-order valence-electron chi connectivity index (χ0n) is 20.0. The predicted octanol–water partition coefficient (Wildman–Crippen LogP) is 6.37. The largest absolute Gasteiger partial charge is 0.315 e. The number of carbonyl (C=O) groups excluding carboxylic acids is 1. The number of nitrogens with zero attached hydrogens (tertiary/aromatic N) is 3. The van der Waals surface area contributed by atoms with Crippen molar-refractivity contribution in [2.45, 2.75) is 77.7 Å². The van der Waals surface area contributed by atoms with Crippen molar-refractivity contribution in [1.82, 2.24) is 9.88 Å². The number of fused-ring (bicyclic) bond motifs is 1. The van der Waals surface area contributed by atoms with E-state index < -0.39 is 0 Å². The van der Waals surface area contributed by atoms with Gasteiger partial charge in [-0.25, -0.2) is 4.39 Å². The SMILES string of the molecule is CCCCCCCCCCN(C)Cc1cncc(-c2cc3c(cc2F)N(C)C(=O)CC3)c1. The number of pyridine rings is 1. The molecule has 1 aromatic heterocycles. The number of unbranched alkanes of at least 4 members (excludes halogenated alkanes) is 7. The van der Waals surface area contributed by atoms with Gasteiger partial charge in [0.25, 0.3) is 0 Å². The van der Waals surface area contributed by atoms with Crippen molar-refractivity contribution < 1.29 is 9.18 Å². The normalized spacial score (nSPS) is 13.7. The van der Waals surface area contributed by atoms with Crippen molar-refractivity contribution in [2.24, 2.45) is 0 Å². The molecule has 0 spiro atoms. The lowest BCUT2D eigenvalue weighted by Gasteiger charge is -2.26. The number of anilines is 1. The molecule has 1 aliphatic heterocycles. The van der Waals surface area contributed by atoms with Crippen LogP contribution in [0.3, 0.4) is 0 Å². The zero-order valence-corrected chi connectivity index (χ0v) is 20.0. The summed E-state index contributed by atoms with van der Waals surface area (Å²) in [6, 6.07) is 5.42. The number of carbonyl (C=O) groups is 1. The van der Waals surface area contributed by atoms with Gasteiger partial charge in [-0.05, 0) is 55.8 Å². The van der Waals surface area contributed by atoms with E-state index in [0.29, 0.717) is 24.1 Å². The average Bonchev–Trinajstić information content (AvgIpc) is 2.78. The molecule has 0 saturated carbocycles. The van der Waals surface area contributed by atoms with Gasteiger partial charge in [-0.15, -0.1) is 0 Å². The second kappa shape index (κ2) is 12.1. The summed E-state index contributed by atoms with van der Waals surface area (Å²) < 4.78 is 14.9. The van der Waals surface area contributed by atoms with Gasteiger partial charge in [0.2, 0.25) is 5.91 Å². The average molecular weight is 440 g/mol. The van der Waals surface area contributed by atoms with E-state index in [1.165, 1.54) is 57.4 Å². The maximum atomic E-state index is 14.9. The summed E-state index contributed by atoms with van der Waals surface area (Å²) in [5.74, 6) is -0.274. The molecule has 5 heteroatoms. The number of amides is 1. The van der Waals surface area contributed by atoms with Gasteiger partial charge in [-0.3, -0.25) is 9.78 Å². The van der Waals surface area contributed by atoms with E-state index in [1.54, 1.807) is 18.1 Å². The standard InChI is InChI=1S/C27H38FN3O/c1-4-5-6-7-8-9-10-11-14-30(2)20-21-15-23(19-29-18-21)24-16-22-12-13-27(32)31(3)26(22)17-25(24)28/h15-19H,4-14,20H2,1-3H3. The van der Waals surface area contributed by atoms with Gasteiger partial charge >= 0.3 is 0 Å². The Kier molecular flexibility index (Phi) is 9.22. The van der Waals surface area contributed by atoms with Crippen LogP contribution < -0.4 is 4.90 Å². The van der Waals surface area contributed by atoms with Gasteiger partial charge < -0.3 is 9.80 Å². The van der Waals surface area contributed by atoms with Gasteiger partial charge in [0.1, 0.15) is 5.82 Å². The van der Waals surface area contributed by atoms with Crippen molar-refractivity contribution >= 4 is 11.6 Å². The minimum Gasteiger partial charge on any atom is -0.315 e. The number of hydrogen-bond donors (Lipinski definition) is 0. The molecule has 0 bridgehead atoms. The first kappa shape index (κ1) is 24.4. The van der Waals surface area contributed by atoms with E-state index in [9.17, 15) is 9.18 Å². The molecule has 0 unspecified atom stereocenters. The minimum atomic E-state index is -0.309. The number of aromatic nitrogens is 1. The highest BCUT2D eigenvalue weighted by molar-refractivity contribution is 5.96. The van der Waals surface area contributed by atoms with Crippen molar-refractivity contribution in [1.29, 1.82) is 0 Å². The van der Waals surface area contributed by atoms with Crippen molar-refractivity contribution in [2.75, 3.05) is 25.5 Å². The molecule has 3 rings (SSSR count). The maximum Gasteiger partial charge on any atom is 0.227 e. The Bertz CT molecular complexity index is 898. The molecule has 0 radical (unpaired) electrons. The third kappa shape index (κ3) is 6.61. The Balaban J connectivity index is 1.55. The van der Waals surface area contributed by atoms with E-state index in [2.05, 4.69) is 23.9 Å². The maximum absolute atomic E-state index is 14.9. The molecule has 1 aliphatic rings. The summed E-state index contributed by atoms with van der Waals surface area (Å²) in [5, 5.41) is 0. The van der Waals surface area contributed by atoms with E-state index in [-0.39, 0.29) is 11.7 Å². The summed E-state index contributed by atoms with van der Waals surface area (Å²) in [5.41, 5.74) is 4.14. The summed E-state index contributed by atoms with van der Waals surface area (Å²) >= 11 is 0. The van der Waals surface area contributed by atoms with Gasteiger partial charge in [-0.1, -0.05) is 51.9 Å². The lowest BCUT2D eigenvalue weighted by atomic mass is 9.95. The van der Waals surface area contributed by atoms with Crippen LogP contribution >= 0.6 is 0 Å². The molecule has 0 N–H and O–H groups in total. The first-order valence-corrected chi connectivity index (χ1v) is 12.2. The molecular formula is C27H38FN3O. The molecular weight excluding hydrogens is 401 g/mol. The summed E-state index contributed by atoms with van der Waals surface area (Å²) in [4.78, 5) is 20.2. The lowest BCUT2D eigenvalue weighted by Crippen LogP contribution is -2.31. The molecule has 4 nitrogen and oxygen atoms in total. The number of rotatable bonds is 12. The van der Waals surface area contributed by atoms with E-state index in [1.807, 2.05) is 18.3 Å². The van der Waals surface area contributed by atoms with E-state index in [4.69, 9.17) is 0 Å². The molecule has 1 amide bonds. The van der Waals surface area contributed by atoms with Gasteiger partial charge in [-0.2, -0.15) is 0 Å². The molecule has 2 aromatic rings. The summed E-state index contributed by atoms with van der Waals surface area (Å²) in [7, 11) is 3.85. The molecule has 32 heavy (non-hydrogen) atoms. The lowest BCUT2D eigenvalue weighted by molar-refractivity contribution is -0.118. The highest BCUT2D eigenvalue weighted by Gasteiger charge is 2.23. The fourth-order valence-corrected chi connectivity index (χ4v) is 4.51. The minimum absolute atomic E-state index is 0.0350. The Labute approximate surface area is 192 Å². The van der Waals surface area contributed by atoms with Crippen molar-refractivity contribution in [3.05, 3.63) is 47.5 Å². The van der Waals surface area contributed by atoms with Crippen LogP contribution in [0.4, 0.5) is 10.1 Å². The smallest absolute Gasteiger partial charge is 0.227 e. The van der Waals surface area contributed by atoms with Gasteiger partial charge in [0.05, 0.1) is 0 Å². The molecule has 0 atom stereocenters. The molecule has 0 aliphatic carbocycles. The number of hydrogen-bond acceptors (Lipinski definition) is 3. The van der Waals surface area contributed by atoms with Crippen molar-refractivity contribution in [3.63, 3.8) is 0 Å². The Morgan fingerprint density at radius 3 is 2.47 bits per heavy atom. The molecule has 174 valence electrons. The second-order valence-electron chi connectivity index (χ2n) is 9.21. The van der Waals surface area contributed by atoms with Crippen LogP contribution in [-0.4, -0.2) is 36.4 Å². The van der Waals surface area contributed by atoms with Crippen molar-refractivity contribution in [3.8, 4) is 11.1 Å². The van der Waals surface area contributed by atoms with E-state index in [0.717, 1.165) is 29.8 Å². The monoisotopic (exact) mass is 439 g/mol. The third-order valence-electron chi connectivity index (χ3n) is 6.46. The second-order valence-corrected chi connectivity index (χ2v) is 9.21. The first-order valence-electron chi connectivity index (χ1n) is 12.2. The first-order chi connectivity index (χ1) is 15.5. The highest BCUT2D eigenvalue weighted by Crippen LogP contribution is 2.33. The molecule has 1 aromatic carbocycles. The number of aryl methyl sites for hydroxylation is 1. The predicted molar refractivity (Wildman–Crippen MR) is 130 cm³/mol. The Morgan fingerprint density at radius 2 is 1.72 bits per heavy atom. The van der Waals surface area contributed by atoms with Gasteiger partial charge in [0.15, 0.2) is 0 Å². The fraction of sp³-hybridized carbons (Fsp3) is 0.556. The molecule has 0 saturated heterocycles. The highest BCUT2D eigenvalue weighted by atomic mass is 19.1. The van der Waals surface area contributed by atoms with Gasteiger partial charge in [0, 0.05) is 49.2 Å². The third-order valence-corrected chi connectivity index (χ3v) is 6.46. The molecule has 0 fully saturated rings. The summed E-state index contributed by atoms with van der Waals surface area (Å²) in [6.45, 7) is 4.13. The van der Waals surface area contributed by atoms with E-state index >= 15 is 0 Å². The Hall–Kier alpha value is -2.27. The fourth-order valence-electron chi connectivity index (χ4n) is 4.51. The Morgan fingerprint density at radius 1 is 1.00 bits per heavy atom. The quantitative estimate of drug-likeness (QED) is 0.361. The number of halogens is 1. The van der Waals surface area contributed by atoms with Crippen LogP contribution in [0.15, 0.2) is 30.6 Å². The zero-order chi connectivity index (χ0) is 22.9. The van der Waals surface area contributed by atoms with Crippen LogP contribution in [-0.2, 0) is 17.8 Å². The number of benzene rings is 1. The van der Waals surface area contributed by atoms with Crippen LogP contribution in [0.25, 0.3) is 11.1 Å². The topological polar surface area (TPSA) is 36.4 Å². The van der Waals surface area contributed by atoms with Crippen LogP contribution in [0.2, 0.25) is 0 Å². The van der Waals surface area contributed by atoms with Crippen LogP contribution in [0, 0.1) is 5.82 Å². The van der Waals surface area contributed by atoms with Crippen LogP contribution in [0.5, 0.6) is 0 Å². The van der Waals surface area contributed by atoms with Crippen LogP contribution in [0.1, 0.15) is 75.8 Å².